The van der Waals surface area contributed by atoms with Crippen molar-refractivity contribution in [1.29, 1.82) is 0 Å². The Morgan fingerprint density at radius 3 is 2.53 bits per heavy atom. The maximum absolute atomic E-state index is 4.85. The van der Waals surface area contributed by atoms with Crippen LogP contribution in [0.2, 0.25) is 0 Å². The molecular formula is C16H29N3. The van der Waals surface area contributed by atoms with Gasteiger partial charge in [-0.1, -0.05) is 27.7 Å². The number of nitrogens with one attached hydrogen (secondary N) is 1. The molecule has 0 aliphatic heterocycles. The lowest BCUT2D eigenvalue weighted by Gasteiger charge is -2.10. The normalized spacial score (nSPS) is 15.4. The molecule has 0 bridgehead atoms. The van der Waals surface area contributed by atoms with Crippen LogP contribution in [0, 0.1) is 5.92 Å². The van der Waals surface area contributed by atoms with Crippen molar-refractivity contribution in [3.63, 3.8) is 0 Å². The van der Waals surface area contributed by atoms with Crippen molar-refractivity contribution in [2.75, 3.05) is 0 Å². The van der Waals surface area contributed by atoms with Crippen molar-refractivity contribution < 1.29 is 0 Å². The van der Waals surface area contributed by atoms with Gasteiger partial charge in [-0.05, 0) is 38.0 Å². The van der Waals surface area contributed by atoms with E-state index >= 15 is 0 Å². The van der Waals surface area contributed by atoms with Crippen LogP contribution in [0.3, 0.4) is 0 Å². The second-order valence-electron chi connectivity index (χ2n) is 6.14. The number of hydrogen-bond acceptors (Lipinski definition) is 2. The number of hydrogen-bond donors (Lipinski definition) is 1. The maximum Gasteiger partial charge on any atom is 0.0669 e. The molecule has 19 heavy (non-hydrogen) atoms. The molecule has 3 heteroatoms. The Kier molecular flexibility index (Phi) is 5.03. The molecule has 0 aromatic carbocycles. The highest BCUT2D eigenvalue weighted by molar-refractivity contribution is 5.27. The molecule has 1 aromatic heterocycles. The van der Waals surface area contributed by atoms with Crippen molar-refractivity contribution >= 4 is 0 Å². The zero-order valence-corrected chi connectivity index (χ0v) is 13.0. The van der Waals surface area contributed by atoms with Crippen LogP contribution in [0.1, 0.15) is 63.9 Å². The number of nitrogens with zero attached hydrogens (tertiary/aromatic N) is 2. The van der Waals surface area contributed by atoms with Crippen molar-refractivity contribution in [1.82, 2.24) is 15.1 Å². The summed E-state index contributed by atoms with van der Waals surface area (Å²) in [7, 11) is 0. The van der Waals surface area contributed by atoms with E-state index in [0.717, 1.165) is 37.9 Å². The van der Waals surface area contributed by atoms with Crippen LogP contribution in [-0.2, 0) is 25.9 Å². The molecule has 3 nitrogen and oxygen atoms in total. The number of rotatable bonds is 8. The van der Waals surface area contributed by atoms with Crippen LogP contribution in [0.25, 0.3) is 0 Å². The Morgan fingerprint density at radius 1 is 1.26 bits per heavy atom. The van der Waals surface area contributed by atoms with Gasteiger partial charge in [0.1, 0.15) is 0 Å². The molecule has 1 saturated carbocycles. The fourth-order valence-electron chi connectivity index (χ4n) is 2.57. The minimum atomic E-state index is 0.743. The largest absolute Gasteiger partial charge is 0.310 e. The quantitative estimate of drug-likeness (QED) is 0.780. The predicted octanol–water partition coefficient (Wildman–Crippen LogP) is 3.31. The molecule has 0 atom stereocenters. The summed E-state index contributed by atoms with van der Waals surface area (Å²) in [5.41, 5.74) is 4.22. The predicted molar refractivity (Wildman–Crippen MR) is 80.3 cm³/mol. The van der Waals surface area contributed by atoms with E-state index in [1.54, 1.807) is 0 Å². The molecule has 108 valence electrons. The van der Waals surface area contributed by atoms with Crippen molar-refractivity contribution in [3.05, 3.63) is 17.0 Å². The molecule has 0 saturated heterocycles. The van der Waals surface area contributed by atoms with E-state index in [4.69, 9.17) is 5.10 Å². The summed E-state index contributed by atoms with van der Waals surface area (Å²) in [4.78, 5) is 0. The van der Waals surface area contributed by atoms with E-state index in [0.29, 0.717) is 0 Å². The summed E-state index contributed by atoms with van der Waals surface area (Å²) in [6.07, 6.45) is 6.05. The zero-order chi connectivity index (χ0) is 13.8. The van der Waals surface area contributed by atoms with Gasteiger partial charge in [0.2, 0.25) is 0 Å². The molecule has 0 amide bonds. The van der Waals surface area contributed by atoms with Crippen LogP contribution in [-0.4, -0.2) is 15.8 Å². The molecule has 0 radical (unpaired) electrons. The van der Waals surface area contributed by atoms with Crippen molar-refractivity contribution in [2.45, 2.75) is 78.9 Å². The molecule has 1 heterocycles. The lowest BCUT2D eigenvalue weighted by molar-refractivity contribution is 0.474. The van der Waals surface area contributed by atoms with E-state index in [1.165, 1.54) is 36.2 Å². The average Bonchev–Trinajstić information content (AvgIpc) is 3.15. The second kappa shape index (κ2) is 6.56. The maximum atomic E-state index is 4.85. The third kappa shape index (κ3) is 3.82. The molecule has 0 unspecified atom stereocenters. The highest BCUT2D eigenvalue weighted by atomic mass is 15.3. The summed E-state index contributed by atoms with van der Waals surface area (Å²) in [6, 6.07) is 0.772. The van der Waals surface area contributed by atoms with Crippen LogP contribution < -0.4 is 5.32 Å². The van der Waals surface area contributed by atoms with Crippen molar-refractivity contribution in [3.8, 4) is 0 Å². The first kappa shape index (κ1) is 14.6. The Balaban J connectivity index is 2.12. The van der Waals surface area contributed by atoms with Gasteiger partial charge in [0.15, 0.2) is 0 Å². The highest BCUT2D eigenvalue weighted by Gasteiger charge is 2.22. The highest BCUT2D eigenvalue weighted by Crippen LogP contribution is 2.22. The van der Waals surface area contributed by atoms with Gasteiger partial charge in [0, 0.05) is 30.4 Å². The fourth-order valence-corrected chi connectivity index (χ4v) is 2.57. The van der Waals surface area contributed by atoms with Gasteiger partial charge in [0.05, 0.1) is 5.69 Å². The minimum Gasteiger partial charge on any atom is -0.310 e. The van der Waals surface area contributed by atoms with Crippen LogP contribution in [0.5, 0.6) is 0 Å². The van der Waals surface area contributed by atoms with Gasteiger partial charge in [-0.2, -0.15) is 5.10 Å². The van der Waals surface area contributed by atoms with Gasteiger partial charge in [-0.15, -0.1) is 0 Å². The van der Waals surface area contributed by atoms with Gasteiger partial charge >= 0.3 is 0 Å². The summed E-state index contributed by atoms with van der Waals surface area (Å²) in [5.74, 6) is 0.743. The van der Waals surface area contributed by atoms with Gasteiger partial charge < -0.3 is 5.32 Å². The van der Waals surface area contributed by atoms with Gasteiger partial charge in [-0.3, -0.25) is 4.68 Å². The molecule has 1 N–H and O–H groups in total. The van der Waals surface area contributed by atoms with E-state index in [-0.39, 0.29) is 0 Å². The second-order valence-corrected chi connectivity index (χ2v) is 6.14. The van der Waals surface area contributed by atoms with E-state index in [9.17, 15) is 0 Å². The third-order valence-electron chi connectivity index (χ3n) is 3.98. The van der Waals surface area contributed by atoms with Crippen molar-refractivity contribution in [2.24, 2.45) is 5.92 Å². The minimum absolute atomic E-state index is 0.743. The molecular weight excluding hydrogens is 234 g/mol. The van der Waals surface area contributed by atoms with E-state index < -0.39 is 0 Å². The first-order valence-corrected chi connectivity index (χ1v) is 7.96. The first-order chi connectivity index (χ1) is 9.15. The summed E-state index contributed by atoms with van der Waals surface area (Å²) in [6.45, 7) is 11.1. The smallest absolute Gasteiger partial charge is 0.0669 e. The first-order valence-electron chi connectivity index (χ1n) is 7.96. The van der Waals surface area contributed by atoms with Crippen LogP contribution in [0.4, 0.5) is 0 Å². The average molecular weight is 263 g/mol. The molecule has 1 fully saturated rings. The van der Waals surface area contributed by atoms with Gasteiger partial charge in [-0.25, -0.2) is 0 Å². The standard InChI is InChI=1S/C16H29N3/c1-5-15-14(11-17-13-7-8-13)16(6-2)19(18-15)10-9-12(3)4/h12-13,17H,5-11H2,1-4H3. The van der Waals surface area contributed by atoms with Crippen LogP contribution >= 0.6 is 0 Å². The van der Waals surface area contributed by atoms with E-state index in [2.05, 4.69) is 37.7 Å². The molecule has 1 aromatic rings. The Hall–Kier alpha value is -0.830. The zero-order valence-electron chi connectivity index (χ0n) is 13.0. The fraction of sp³-hybridized carbons (Fsp3) is 0.812. The summed E-state index contributed by atoms with van der Waals surface area (Å²) < 4.78 is 2.27. The Labute approximate surface area is 117 Å². The van der Waals surface area contributed by atoms with Crippen LogP contribution in [0.15, 0.2) is 0 Å². The van der Waals surface area contributed by atoms with Gasteiger partial charge in [0.25, 0.3) is 0 Å². The molecule has 1 aliphatic carbocycles. The molecule has 2 rings (SSSR count). The number of aromatic nitrogens is 2. The Bertz CT molecular complexity index is 402. The molecule has 1 aliphatic rings. The lowest BCUT2D eigenvalue weighted by Crippen LogP contribution is -2.17. The summed E-state index contributed by atoms with van der Waals surface area (Å²) >= 11 is 0. The Morgan fingerprint density at radius 2 is 2.00 bits per heavy atom. The topological polar surface area (TPSA) is 29.9 Å². The SMILES string of the molecule is CCc1nn(CCC(C)C)c(CC)c1CNC1CC1. The number of aryl methyl sites for hydroxylation is 2. The van der Waals surface area contributed by atoms with E-state index in [1.807, 2.05) is 0 Å². The lowest BCUT2D eigenvalue weighted by atomic mass is 10.1. The molecule has 0 spiro atoms. The summed E-state index contributed by atoms with van der Waals surface area (Å²) in [5, 5.41) is 8.49. The third-order valence-corrected chi connectivity index (χ3v) is 3.98. The monoisotopic (exact) mass is 263 g/mol.